The van der Waals surface area contributed by atoms with E-state index in [4.69, 9.17) is 5.84 Å². The Morgan fingerprint density at radius 3 is 2.73 bits per heavy atom. The maximum Gasteiger partial charge on any atom is 0.0764 e. The highest BCUT2D eigenvalue weighted by Gasteiger charge is 2.02. The Kier molecular flexibility index (Phi) is 3.23. The van der Waals surface area contributed by atoms with Crippen molar-refractivity contribution in [2.75, 3.05) is 11.7 Å². The Bertz CT molecular complexity index is 252. The van der Waals surface area contributed by atoms with Crippen molar-refractivity contribution in [3.63, 3.8) is 0 Å². The van der Waals surface area contributed by atoms with Crippen molar-refractivity contribution in [1.29, 1.82) is 0 Å². The van der Waals surface area contributed by atoms with Gasteiger partial charge in [0.25, 0.3) is 0 Å². The molecule has 1 aromatic rings. The molecule has 0 amide bonds. The molecular weight excluding hydrogens is 224 g/mol. The zero-order valence-electron chi connectivity index (χ0n) is 6.10. The summed E-state index contributed by atoms with van der Waals surface area (Å²) in [6.07, 6.45) is 2.02. The van der Waals surface area contributed by atoms with Crippen molar-refractivity contribution in [3.8, 4) is 0 Å². The van der Waals surface area contributed by atoms with Crippen LogP contribution < -0.4 is 11.3 Å². The fourth-order valence-corrected chi connectivity index (χ4v) is 2.01. The van der Waals surface area contributed by atoms with E-state index in [1.165, 1.54) is 0 Å². The molecule has 0 saturated heterocycles. The van der Waals surface area contributed by atoms with Gasteiger partial charge < -0.3 is 5.43 Å². The summed E-state index contributed by atoms with van der Waals surface area (Å²) in [4.78, 5) is 1.14. The molecule has 11 heavy (non-hydrogen) atoms. The fourth-order valence-electron chi connectivity index (χ4n) is 0.815. The van der Waals surface area contributed by atoms with E-state index in [9.17, 15) is 0 Å². The molecule has 4 heteroatoms. The second-order valence-corrected chi connectivity index (χ2v) is 3.66. The van der Waals surface area contributed by atoms with E-state index in [2.05, 4.69) is 21.4 Å². The number of hydrazine groups is 1. The Balaban J connectivity index is 3.13. The number of thioether (sulfide) groups is 1. The summed E-state index contributed by atoms with van der Waals surface area (Å²) in [5.74, 6) is 5.33. The second kappa shape index (κ2) is 3.99. The van der Waals surface area contributed by atoms with Gasteiger partial charge in [0.2, 0.25) is 0 Å². The average molecular weight is 233 g/mol. The van der Waals surface area contributed by atoms with Crippen LogP contribution in [0, 0.1) is 0 Å². The van der Waals surface area contributed by atoms with Gasteiger partial charge in [-0.25, -0.2) is 0 Å². The van der Waals surface area contributed by atoms with Gasteiger partial charge in [-0.1, -0.05) is 6.07 Å². The van der Waals surface area contributed by atoms with Crippen LogP contribution in [-0.2, 0) is 0 Å². The standard InChI is InChI=1S/C7H9BrN2S/c1-11-6-4-2-3-5(8)7(6)10-9/h2-4,10H,9H2,1H3. The molecule has 0 radical (unpaired) electrons. The molecule has 0 fully saturated rings. The minimum atomic E-state index is 0.944. The number of nitrogen functional groups attached to an aromatic ring is 1. The second-order valence-electron chi connectivity index (χ2n) is 1.96. The summed E-state index contributed by atoms with van der Waals surface area (Å²) in [6, 6.07) is 5.95. The molecule has 0 saturated carbocycles. The first-order valence-electron chi connectivity index (χ1n) is 3.08. The highest BCUT2D eigenvalue weighted by molar-refractivity contribution is 9.10. The van der Waals surface area contributed by atoms with Gasteiger partial charge in [-0.3, -0.25) is 5.84 Å². The maximum atomic E-state index is 5.33. The van der Waals surface area contributed by atoms with Crippen molar-refractivity contribution in [2.45, 2.75) is 4.90 Å². The van der Waals surface area contributed by atoms with Gasteiger partial charge in [-0.15, -0.1) is 11.8 Å². The first-order chi connectivity index (χ1) is 5.29. The Labute approximate surface area is 78.6 Å². The maximum absolute atomic E-state index is 5.33. The van der Waals surface area contributed by atoms with Crippen molar-refractivity contribution >= 4 is 33.4 Å². The SMILES string of the molecule is CSc1cccc(Br)c1NN. The molecule has 0 heterocycles. The molecule has 1 rings (SSSR count). The van der Waals surface area contributed by atoms with Crippen molar-refractivity contribution in [2.24, 2.45) is 5.84 Å². The lowest BCUT2D eigenvalue weighted by molar-refractivity contribution is 1.28. The summed E-state index contributed by atoms with van der Waals surface area (Å²) in [7, 11) is 0. The Hall–Kier alpha value is -0.190. The van der Waals surface area contributed by atoms with Gasteiger partial charge in [0.05, 0.1) is 5.69 Å². The fraction of sp³-hybridized carbons (Fsp3) is 0.143. The lowest BCUT2D eigenvalue weighted by Gasteiger charge is -2.07. The molecule has 0 aromatic heterocycles. The molecule has 0 spiro atoms. The van der Waals surface area contributed by atoms with E-state index in [0.717, 1.165) is 15.1 Å². The van der Waals surface area contributed by atoms with E-state index in [0.29, 0.717) is 0 Å². The predicted octanol–water partition coefficient (Wildman–Crippen LogP) is 2.46. The van der Waals surface area contributed by atoms with E-state index in [1.807, 2.05) is 24.5 Å². The quantitative estimate of drug-likeness (QED) is 0.468. The largest absolute Gasteiger partial charge is 0.322 e. The molecule has 0 bridgehead atoms. The number of hydrogen-bond acceptors (Lipinski definition) is 3. The van der Waals surface area contributed by atoms with Crippen LogP contribution in [0.1, 0.15) is 0 Å². The Morgan fingerprint density at radius 1 is 1.55 bits per heavy atom. The van der Waals surface area contributed by atoms with Gasteiger partial charge in [-0.05, 0) is 34.3 Å². The number of benzene rings is 1. The zero-order chi connectivity index (χ0) is 8.27. The molecule has 2 nitrogen and oxygen atoms in total. The summed E-state index contributed by atoms with van der Waals surface area (Å²) in [5, 5.41) is 0. The summed E-state index contributed by atoms with van der Waals surface area (Å²) < 4.78 is 0.992. The van der Waals surface area contributed by atoms with Crippen LogP contribution in [0.25, 0.3) is 0 Å². The summed E-state index contributed by atoms with van der Waals surface area (Å²) >= 11 is 5.05. The Morgan fingerprint density at radius 2 is 2.27 bits per heavy atom. The lowest BCUT2D eigenvalue weighted by atomic mass is 10.3. The minimum absolute atomic E-state index is 0.944. The van der Waals surface area contributed by atoms with Crippen LogP contribution in [-0.4, -0.2) is 6.26 Å². The summed E-state index contributed by atoms with van der Waals surface area (Å²) in [6.45, 7) is 0. The van der Waals surface area contributed by atoms with Crippen molar-refractivity contribution in [1.82, 2.24) is 0 Å². The van der Waals surface area contributed by atoms with Crippen LogP contribution in [0.3, 0.4) is 0 Å². The van der Waals surface area contributed by atoms with E-state index in [-0.39, 0.29) is 0 Å². The number of hydrogen-bond donors (Lipinski definition) is 2. The van der Waals surface area contributed by atoms with Crippen molar-refractivity contribution in [3.05, 3.63) is 22.7 Å². The number of nitrogens with two attached hydrogens (primary N) is 1. The highest BCUT2D eigenvalue weighted by atomic mass is 79.9. The van der Waals surface area contributed by atoms with Gasteiger partial charge >= 0.3 is 0 Å². The average Bonchev–Trinajstić information content (AvgIpc) is 2.04. The molecule has 0 aliphatic carbocycles. The first-order valence-corrected chi connectivity index (χ1v) is 5.10. The first kappa shape index (κ1) is 8.90. The van der Waals surface area contributed by atoms with E-state index >= 15 is 0 Å². The molecular formula is C7H9BrN2S. The zero-order valence-corrected chi connectivity index (χ0v) is 8.50. The molecule has 3 N–H and O–H groups in total. The van der Waals surface area contributed by atoms with Gasteiger partial charge in [0.1, 0.15) is 0 Å². The van der Waals surface area contributed by atoms with Crippen LogP contribution >= 0.6 is 27.7 Å². The number of rotatable bonds is 2. The smallest absolute Gasteiger partial charge is 0.0764 e. The third kappa shape index (κ3) is 1.89. The number of halogens is 1. The van der Waals surface area contributed by atoms with Crippen LogP contribution in [0.2, 0.25) is 0 Å². The third-order valence-corrected chi connectivity index (χ3v) is 2.78. The molecule has 0 aliphatic heterocycles. The predicted molar refractivity (Wildman–Crippen MR) is 53.7 cm³/mol. The molecule has 1 aromatic carbocycles. The summed E-state index contributed by atoms with van der Waals surface area (Å²) in [5.41, 5.74) is 3.59. The van der Waals surface area contributed by atoms with E-state index in [1.54, 1.807) is 11.8 Å². The van der Waals surface area contributed by atoms with Crippen LogP contribution in [0.5, 0.6) is 0 Å². The van der Waals surface area contributed by atoms with Crippen molar-refractivity contribution < 1.29 is 0 Å². The van der Waals surface area contributed by atoms with Crippen LogP contribution in [0.15, 0.2) is 27.6 Å². The number of para-hydroxylation sites is 1. The lowest BCUT2D eigenvalue weighted by Crippen LogP contribution is -2.08. The van der Waals surface area contributed by atoms with Gasteiger partial charge in [0, 0.05) is 9.37 Å². The molecule has 0 atom stereocenters. The number of anilines is 1. The third-order valence-electron chi connectivity index (χ3n) is 1.34. The minimum Gasteiger partial charge on any atom is -0.322 e. The normalized spacial score (nSPS) is 9.73. The van der Waals surface area contributed by atoms with Crippen LogP contribution in [0.4, 0.5) is 5.69 Å². The van der Waals surface area contributed by atoms with E-state index < -0.39 is 0 Å². The van der Waals surface area contributed by atoms with Gasteiger partial charge in [-0.2, -0.15) is 0 Å². The molecule has 0 unspecified atom stereocenters. The molecule has 0 aliphatic rings. The monoisotopic (exact) mass is 232 g/mol. The van der Waals surface area contributed by atoms with Gasteiger partial charge in [0.15, 0.2) is 0 Å². The number of nitrogens with one attached hydrogen (secondary N) is 1. The highest BCUT2D eigenvalue weighted by Crippen LogP contribution is 2.31. The molecule has 60 valence electrons. The topological polar surface area (TPSA) is 38.0 Å².